The fourth-order valence-electron chi connectivity index (χ4n) is 8.45. The van der Waals surface area contributed by atoms with Crippen molar-refractivity contribution >= 4 is 43.1 Å². The summed E-state index contributed by atoms with van der Waals surface area (Å²) in [5.41, 5.74) is 2.24. The number of nitriles is 1. The normalized spacial score (nSPS) is 25.9. The van der Waals surface area contributed by atoms with Crippen molar-refractivity contribution in [2.75, 3.05) is 43.4 Å². The first-order valence-corrected chi connectivity index (χ1v) is 16.8. The van der Waals surface area contributed by atoms with Crippen molar-refractivity contribution in [3.63, 3.8) is 0 Å². The number of nitrogens with zero attached hydrogens (tertiary/aromatic N) is 5. The predicted octanol–water partition coefficient (Wildman–Crippen LogP) is 6.55. The van der Waals surface area contributed by atoms with Gasteiger partial charge in [0.05, 0.1) is 21.4 Å². The number of nitrogens with one attached hydrogen (secondary N) is 1. The van der Waals surface area contributed by atoms with Crippen molar-refractivity contribution in [2.24, 2.45) is 0 Å². The van der Waals surface area contributed by atoms with Gasteiger partial charge in [-0.25, -0.2) is 13.2 Å². The summed E-state index contributed by atoms with van der Waals surface area (Å²) in [7, 11) is 0. The van der Waals surface area contributed by atoms with Crippen LogP contribution >= 0.6 is 11.3 Å². The number of nitrogen functional groups attached to an aromatic ring is 1. The Morgan fingerprint density at radius 3 is 2.79 bits per heavy atom. The third-order valence-electron chi connectivity index (χ3n) is 10.5. The Labute approximate surface area is 275 Å². The van der Waals surface area contributed by atoms with Crippen LogP contribution in [0.25, 0.3) is 32.1 Å². The van der Waals surface area contributed by atoms with Gasteiger partial charge in [0.15, 0.2) is 5.82 Å². The minimum absolute atomic E-state index is 0.0411. The Hall–Kier alpha value is -3.87. The van der Waals surface area contributed by atoms with Gasteiger partial charge in [-0.1, -0.05) is 6.07 Å². The van der Waals surface area contributed by atoms with Crippen LogP contribution in [0.5, 0.6) is 6.01 Å². The molecule has 8 nitrogen and oxygen atoms in total. The lowest BCUT2D eigenvalue weighted by molar-refractivity contribution is -0.137. The molecule has 4 aromatic rings. The van der Waals surface area contributed by atoms with E-state index in [9.17, 15) is 27.2 Å². The van der Waals surface area contributed by atoms with E-state index in [0.717, 1.165) is 57.0 Å². The number of aromatic nitrogens is 2. The molecule has 3 N–H and O–H groups in total. The monoisotopic (exact) mass is 687 g/mol. The van der Waals surface area contributed by atoms with Gasteiger partial charge in [-0.3, -0.25) is 4.90 Å². The number of alkyl halides is 4. The van der Waals surface area contributed by atoms with Crippen molar-refractivity contribution in [3.8, 4) is 23.2 Å². The quantitative estimate of drug-likeness (QED) is 0.228. The first kappa shape index (κ1) is 31.4. The molecule has 0 unspecified atom stereocenters. The van der Waals surface area contributed by atoms with E-state index in [-0.39, 0.29) is 68.5 Å². The molecule has 6 heterocycles. The van der Waals surface area contributed by atoms with Crippen molar-refractivity contribution < 1.29 is 31.1 Å². The van der Waals surface area contributed by atoms with Crippen molar-refractivity contribution in [2.45, 2.75) is 68.5 Å². The van der Waals surface area contributed by atoms with E-state index in [2.05, 4.69) is 15.3 Å². The highest BCUT2D eigenvalue weighted by atomic mass is 32.1. The van der Waals surface area contributed by atoms with Crippen LogP contribution in [-0.2, 0) is 6.18 Å². The minimum Gasteiger partial charge on any atom is -0.461 e. The van der Waals surface area contributed by atoms with Crippen LogP contribution in [0.2, 0.25) is 0 Å². The number of thiophene rings is 1. The van der Waals surface area contributed by atoms with Crippen molar-refractivity contribution in [1.29, 1.82) is 5.26 Å². The van der Waals surface area contributed by atoms with E-state index >= 15 is 4.39 Å². The van der Waals surface area contributed by atoms with E-state index < -0.39 is 46.2 Å². The smallest absolute Gasteiger partial charge is 0.417 e. The van der Waals surface area contributed by atoms with Gasteiger partial charge in [-0.2, -0.15) is 28.4 Å². The number of nitrogens with two attached hydrogens (primary N) is 1. The molecule has 0 aliphatic carbocycles. The van der Waals surface area contributed by atoms with Gasteiger partial charge in [-0.15, -0.1) is 11.3 Å². The maximum absolute atomic E-state index is 17.1. The number of anilines is 2. The van der Waals surface area contributed by atoms with E-state index in [4.69, 9.17) is 10.5 Å². The number of hydrogen-bond donors (Lipinski definition) is 2. The van der Waals surface area contributed by atoms with E-state index in [1.165, 1.54) is 0 Å². The zero-order valence-corrected chi connectivity index (χ0v) is 26.5. The summed E-state index contributed by atoms with van der Waals surface area (Å²) < 4.78 is 97.4. The zero-order chi connectivity index (χ0) is 33.5. The summed E-state index contributed by atoms with van der Waals surface area (Å²) in [4.78, 5) is 13.0. The minimum atomic E-state index is -5.05. The molecule has 2 aromatic heterocycles. The average molecular weight is 688 g/mol. The topological polar surface area (TPSA) is 103 Å². The van der Waals surface area contributed by atoms with Crippen LogP contribution in [0.1, 0.15) is 49.7 Å². The molecule has 4 saturated heterocycles. The van der Waals surface area contributed by atoms with Gasteiger partial charge < -0.3 is 20.7 Å². The van der Waals surface area contributed by atoms with Gasteiger partial charge in [-0.05, 0) is 62.9 Å². The lowest BCUT2D eigenvalue weighted by Crippen LogP contribution is -2.49. The Morgan fingerprint density at radius 2 is 2.00 bits per heavy atom. The average Bonchev–Trinajstić information content (AvgIpc) is 3.82. The van der Waals surface area contributed by atoms with Gasteiger partial charge in [0.1, 0.15) is 41.0 Å². The number of hydrogen-bond acceptors (Lipinski definition) is 9. The lowest BCUT2D eigenvalue weighted by atomic mass is 9.92. The zero-order valence-electron chi connectivity index (χ0n) is 25.6. The molecule has 0 amide bonds. The lowest BCUT2D eigenvalue weighted by Gasteiger charge is -2.39. The maximum Gasteiger partial charge on any atom is 0.417 e. The van der Waals surface area contributed by atoms with Crippen molar-refractivity contribution in [3.05, 3.63) is 41.0 Å². The fourth-order valence-corrected chi connectivity index (χ4v) is 9.40. The molecule has 4 aliphatic heterocycles. The van der Waals surface area contributed by atoms with Crippen LogP contribution in [-0.4, -0.2) is 71.4 Å². The van der Waals surface area contributed by atoms with Gasteiger partial charge >= 0.3 is 12.2 Å². The summed E-state index contributed by atoms with van der Waals surface area (Å²) in [6, 6.07) is 4.44. The predicted molar refractivity (Wildman–Crippen MR) is 170 cm³/mol. The molecule has 4 atom stereocenters. The number of piperidine rings is 1. The number of rotatable bonds is 5. The molecular weight excluding hydrogens is 656 g/mol. The Balaban J connectivity index is 1.36. The maximum atomic E-state index is 17.1. The molecule has 0 bridgehead atoms. The second-order valence-corrected chi connectivity index (χ2v) is 14.3. The third-order valence-corrected chi connectivity index (χ3v) is 11.6. The van der Waals surface area contributed by atoms with Gasteiger partial charge in [0.2, 0.25) is 0 Å². The molecule has 4 fully saturated rings. The number of benzene rings is 2. The second kappa shape index (κ2) is 11.3. The summed E-state index contributed by atoms with van der Waals surface area (Å²) in [5, 5.41) is 12.8. The molecule has 15 heteroatoms. The van der Waals surface area contributed by atoms with E-state index in [1.807, 2.05) is 15.9 Å². The molecule has 252 valence electrons. The first-order chi connectivity index (χ1) is 23.0. The summed E-state index contributed by atoms with van der Waals surface area (Å²) in [6.07, 6.45) is -1.88. The summed E-state index contributed by atoms with van der Waals surface area (Å²) in [6.45, 7) is 2.26. The molecule has 0 radical (unpaired) electrons. The number of halogens is 6. The largest absolute Gasteiger partial charge is 0.461 e. The van der Waals surface area contributed by atoms with Crippen LogP contribution in [0.15, 0.2) is 18.2 Å². The first-order valence-electron chi connectivity index (χ1n) is 16.0. The molecule has 0 spiro atoms. The summed E-state index contributed by atoms with van der Waals surface area (Å²) in [5.74, 6) is -1.98. The molecule has 2 aromatic carbocycles. The highest BCUT2D eigenvalue weighted by Gasteiger charge is 2.49. The Bertz CT molecular complexity index is 2000. The molecule has 0 saturated carbocycles. The number of fused-ring (bicyclic) bond motifs is 4. The van der Waals surface area contributed by atoms with E-state index in [1.54, 1.807) is 0 Å². The third kappa shape index (κ3) is 4.86. The Morgan fingerprint density at radius 1 is 1.17 bits per heavy atom. The highest BCUT2D eigenvalue weighted by Crippen LogP contribution is 2.49. The Kier molecular flexibility index (Phi) is 7.42. The van der Waals surface area contributed by atoms with Gasteiger partial charge in [0, 0.05) is 47.9 Å². The molecule has 8 rings (SSSR count). The van der Waals surface area contributed by atoms with Crippen molar-refractivity contribution in [1.82, 2.24) is 20.2 Å². The second-order valence-electron chi connectivity index (χ2n) is 13.2. The van der Waals surface area contributed by atoms with Gasteiger partial charge in [0.25, 0.3) is 0 Å². The number of ether oxygens (including phenoxy) is 1. The van der Waals surface area contributed by atoms with Crippen LogP contribution in [0.3, 0.4) is 0 Å². The highest BCUT2D eigenvalue weighted by molar-refractivity contribution is 7.23. The van der Waals surface area contributed by atoms with Crippen LogP contribution in [0.4, 0.5) is 37.2 Å². The molecule has 48 heavy (non-hydrogen) atoms. The molecular formula is C33H31F6N7OS. The van der Waals surface area contributed by atoms with Crippen LogP contribution < -0.4 is 20.7 Å². The standard InChI is InChI=1S/C33H31F6N7OS/c34-16-12-32(7-2-9-45(32)14-16)15-47-31-43-27-18(30(44-31)46-10-1-3-22-23(46)6-8-42-22)11-20(33(37,38)39)25(26(27)36)17-4-5-21(35)28-24(17)19(13-40)29(41)48-28/h4-5,11,16,22-23,42H,1-3,6-10,12,14-15,41H2/t16-,22-,23-,32+/m1/s1. The van der Waals surface area contributed by atoms with E-state index in [0.29, 0.717) is 30.8 Å². The SMILES string of the molecule is N#Cc1c(N)sc2c(F)ccc(-c3c(C(F)(F)F)cc4c(N5CCC[C@H]6NCC[C@H]65)nc(OC[C@@]56CCCN5C[C@H](F)C6)nc4c3F)c12. The van der Waals surface area contributed by atoms with Crippen LogP contribution in [0, 0.1) is 23.0 Å². The fraction of sp³-hybridized carbons (Fsp3) is 0.485. The molecule has 4 aliphatic rings. The summed E-state index contributed by atoms with van der Waals surface area (Å²) >= 11 is 0.707.